The van der Waals surface area contributed by atoms with E-state index in [2.05, 4.69) is 15.2 Å². The van der Waals surface area contributed by atoms with Crippen molar-refractivity contribution >= 4 is 23.7 Å². The van der Waals surface area contributed by atoms with Crippen molar-refractivity contribution in [2.75, 3.05) is 51.9 Å². The van der Waals surface area contributed by atoms with Crippen LogP contribution in [0.3, 0.4) is 0 Å². The molecule has 10 heteroatoms. The zero-order valence-corrected chi connectivity index (χ0v) is 19.6. The van der Waals surface area contributed by atoms with Crippen LogP contribution in [0.1, 0.15) is 18.5 Å². The second kappa shape index (κ2) is 10.4. The number of piperazine rings is 1. The van der Waals surface area contributed by atoms with Crippen LogP contribution in [0.4, 0.5) is 5.82 Å². The molecule has 0 bridgehead atoms. The number of anilines is 1. The number of ether oxygens (including phenoxy) is 3. The van der Waals surface area contributed by atoms with Gasteiger partial charge in [0.05, 0.1) is 20.8 Å². The van der Waals surface area contributed by atoms with Gasteiger partial charge in [0.15, 0.2) is 17.4 Å². The van der Waals surface area contributed by atoms with Gasteiger partial charge in [0.1, 0.15) is 11.9 Å². The van der Waals surface area contributed by atoms with E-state index in [0.29, 0.717) is 36.1 Å². The van der Waals surface area contributed by atoms with E-state index in [9.17, 15) is 9.59 Å². The predicted octanol–water partition coefficient (Wildman–Crippen LogP) is 1.63. The summed E-state index contributed by atoms with van der Waals surface area (Å²) in [6.07, 6.45) is 1.77. The lowest BCUT2D eigenvalue weighted by molar-refractivity contribution is -0.153. The fourth-order valence-electron chi connectivity index (χ4n) is 4.19. The maximum absolute atomic E-state index is 13.1. The standard InChI is InChI=1S/C24H29N5O5/c1-4-34-23(31)20-21(16-8-9-17(32-2)18(15-16)33-3)26-24(27-22(20)30)29-13-11-28(12-14-29)19-7-5-6-10-25-19/h5-10,15,20-21H,4,11-14H2,1-3H3,(H,26,27,30)/t20-,21-/m0/s1. The van der Waals surface area contributed by atoms with Crippen molar-refractivity contribution in [1.29, 1.82) is 0 Å². The van der Waals surface area contributed by atoms with Crippen molar-refractivity contribution in [3.8, 4) is 11.5 Å². The monoisotopic (exact) mass is 467 g/mol. The Morgan fingerprint density at radius 3 is 2.44 bits per heavy atom. The number of benzene rings is 1. The number of methoxy groups -OCH3 is 2. The molecule has 1 fully saturated rings. The van der Waals surface area contributed by atoms with E-state index >= 15 is 0 Å². The van der Waals surface area contributed by atoms with Crippen molar-refractivity contribution in [1.82, 2.24) is 15.2 Å². The average molecular weight is 468 g/mol. The number of aromatic nitrogens is 1. The van der Waals surface area contributed by atoms with Gasteiger partial charge < -0.3 is 24.0 Å². The van der Waals surface area contributed by atoms with Crippen LogP contribution in [0, 0.1) is 5.92 Å². The van der Waals surface area contributed by atoms with Gasteiger partial charge in [0, 0.05) is 32.4 Å². The molecular formula is C24H29N5O5. The van der Waals surface area contributed by atoms with Crippen molar-refractivity contribution in [2.45, 2.75) is 13.0 Å². The van der Waals surface area contributed by atoms with Gasteiger partial charge in [-0.3, -0.25) is 14.9 Å². The van der Waals surface area contributed by atoms with Crippen LogP contribution < -0.4 is 19.7 Å². The first-order valence-electron chi connectivity index (χ1n) is 11.2. The Hall–Kier alpha value is -3.82. The minimum Gasteiger partial charge on any atom is -0.493 e. The second-order valence-corrected chi connectivity index (χ2v) is 7.89. The van der Waals surface area contributed by atoms with E-state index in [1.165, 1.54) is 7.11 Å². The minimum absolute atomic E-state index is 0.174. The van der Waals surface area contributed by atoms with Crippen LogP contribution >= 0.6 is 0 Å². The van der Waals surface area contributed by atoms with Gasteiger partial charge in [0.25, 0.3) is 0 Å². The summed E-state index contributed by atoms with van der Waals surface area (Å²) in [5, 5.41) is 2.83. The largest absolute Gasteiger partial charge is 0.493 e. The molecule has 1 N–H and O–H groups in total. The maximum atomic E-state index is 13.1. The lowest BCUT2D eigenvalue weighted by atomic mass is 9.91. The van der Waals surface area contributed by atoms with Crippen LogP contribution in [0.2, 0.25) is 0 Å². The highest BCUT2D eigenvalue weighted by Crippen LogP contribution is 2.36. The lowest BCUT2D eigenvalue weighted by Gasteiger charge is -2.39. The Balaban J connectivity index is 1.61. The molecule has 0 aliphatic carbocycles. The molecule has 1 amide bonds. The summed E-state index contributed by atoms with van der Waals surface area (Å²) in [5.41, 5.74) is 0.662. The summed E-state index contributed by atoms with van der Waals surface area (Å²) in [5.74, 6) is 0.270. The number of nitrogens with zero attached hydrogens (tertiary/aromatic N) is 4. The third-order valence-corrected chi connectivity index (χ3v) is 5.94. The molecule has 2 atom stereocenters. The zero-order chi connectivity index (χ0) is 24.1. The number of amides is 1. The summed E-state index contributed by atoms with van der Waals surface area (Å²) in [4.78, 5) is 39.3. The van der Waals surface area contributed by atoms with Gasteiger partial charge in [-0.1, -0.05) is 12.1 Å². The summed E-state index contributed by atoms with van der Waals surface area (Å²) >= 11 is 0. The lowest BCUT2D eigenvalue weighted by Crippen LogP contribution is -2.57. The highest BCUT2D eigenvalue weighted by Gasteiger charge is 2.42. The topological polar surface area (TPSA) is 106 Å². The molecule has 3 heterocycles. The maximum Gasteiger partial charge on any atom is 0.321 e. The van der Waals surface area contributed by atoms with Crippen molar-refractivity contribution in [3.63, 3.8) is 0 Å². The molecule has 0 radical (unpaired) electrons. The van der Waals surface area contributed by atoms with Crippen molar-refractivity contribution < 1.29 is 23.8 Å². The molecule has 4 rings (SSSR count). The molecule has 2 aromatic rings. The number of rotatable bonds is 6. The SMILES string of the molecule is CCOC(=O)[C@@H]1C(=O)NC(N2CCN(c3ccccn3)CC2)=N[C@H]1c1ccc(OC)c(OC)c1. The van der Waals surface area contributed by atoms with Crippen LogP contribution in [-0.4, -0.2) is 74.7 Å². The smallest absolute Gasteiger partial charge is 0.321 e. The van der Waals surface area contributed by atoms with E-state index in [0.717, 1.165) is 18.9 Å². The molecule has 180 valence electrons. The van der Waals surface area contributed by atoms with Gasteiger partial charge in [-0.15, -0.1) is 0 Å². The molecule has 10 nitrogen and oxygen atoms in total. The first-order chi connectivity index (χ1) is 16.5. The summed E-state index contributed by atoms with van der Waals surface area (Å²) in [6.45, 7) is 4.65. The van der Waals surface area contributed by atoms with Gasteiger partial charge in [-0.2, -0.15) is 0 Å². The summed E-state index contributed by atoms with van der Waals surface area (Å²) < 4.78 is 15.9. The number of hydrogen-bond donors (Lipinski definition) is 1. The molecule has 34 heavy (non-hydrogen) atoms. The fourth-order valence-corrected chi connectivity index (χ4v) is 4.19. The molecule has 1 aromatic carbocycles. The van der Waals surface area contributed by atoms with E-state index in [4.69, 9.17) is 19.2 Å². The molecule has 2 aliphatic heterocycles. The Morgan fingerprint density at radius 1 is 1.06 bits per heavy atom. The average Bonchev–Trinajstić information content (AvgIpc) is 2.88. The van der Waals surface area contributed by atoms with Crippen LogP contribution in [-0.2, 0) is 14.3 Å². The van der Waals surface area contributed by atoms with Gasteiger partial charge in [-0.25, -0.2) is 9.98 Å². The molecular weight excluding hydrogens is 438 g/mol. The summed E-state index contributed by atoms with van der Waals surface area (Å²) in [7, 11) is 3.09. The second-order valence-electron chi connectivity index (χ2n) is 7.89. The first kappa shape index (κ1) is 23.3. The molecule has 1 aromatic heterocycles. The highest BCUT2D eigenvalue weighted by atomic mass is 16.5. The number of nitrogens with one attached hydrogen (secondary N) is 1. The number of aliphatic imine (C=N–C) groups is 1. The van der Waals surface area contributed by atoms with E-state index in [-0.39, 0.29) is 6.61 Å². The number of carbonyl (C=O) groups excluding carboxylic acids is 2. The number of hydrogen-bond acceptors (Lipinski definition) is 9. The number of pyridine rings is 1. The Labute approximate surface area is 198 Å². The molecule has 1 saturated heterocycles. The number of carbonyl (C=O) groups is 2. The number of esters is 1. The van der Waals surface area contributed by atoms with Crippen LogP contribution in [0.25, 0.3) is 0 Å². The van der Waals surface area contributed by atoms with Gasteiger partial charge in [-0.05, 0) is 36.8 Å². The molecule has 0 saturated carbocycles. The molecule has 0 spiro atoms. The Bertz CT molecular complexity index is 1050. The van der Waals surface area contributed by atoms with Crippen LogP contribution in [0.5, 0.6) is 11.5 Å². The normalized spacial score (nSPS) is 20.3. The van der Waals surface area contributed by atoms with E-state index < -0.39 is 23.8 Å². The molecule has 2 aliphatic rings. The Kier molecular flexibility index (Phi) is 7.15. The van der Waals surface area contributed by atoms with Crippen molar-refractivity contribution in [2.24, 2.45) is 10.9 Å². The van der Waals surface area contributed by atoms with Crippen LogP contribution in [0.15, 0.2) is 47.6 Å². The predicted molar refractivity (Wildman–Crippen MR) is 126 cm³/mol. The Morgan fingerprint density at radius 2 is 1.79 bits per heavy atom. The van der Waals surface area contributed by atoms with E-state index in [1.807, 2.05) is 23.1 Å². The van der Waals surface area contributed by atoms with Gasteiger partial charge in [0.2, 0.25) is 11.9 Å². The summed E-state index contributed by atoms with van der Waals surface area (Å²) in [6, 6.07) is 10.3. The van der Waals surface area contributed by atoms with Gasteiger partial charge >= 0.3 is 5.97 Å². The zero-order valence-electron chi connectivity index (χ0n) is 19.6. The third kappa shape index (κ3) is 4.75. The highest BCUT2D eigenvalue weighted by molar-refractivity contribution is 6.08. The van der Waals surface area contributed by atoms with E-state index in [1.54, 1.807) is 38.4 Å². The van der Waals surface area contributed by atoms with Crippen molar-refractivity contribution in [3.05, 3.63) is 48.2 Å². The first-order valence-corrected chi connectivity index (χ1v) is 11.2. The number of guanidine groups is 1. The minimum atomic E-state index is -1.10. The molecule has 0 unspecified atom stereocenters. The quantitative estimate of drug-likeness (QED) is 0.505. The third-order valence-electron chi connectivity index (χ3n) is 5.94. The fraction of sp³-hybridized carbons (Fsp3) is 0.417.